The number of nitrogens with zero attached hydrogens (tertiary/aromatic N) is 1. The number of hydrogen-bond acceptors (Lipinski definition) is 2. The van der Waals surface area contributed by atoms with Crippen molar-refractivity contribution in [2.24, 2.45) is 11.3 Å². The Bertz CT molecular complexity index is 659. The number of benzene rings is 2. The molecule has 2 nitrogen and oxygen atoms in total. The van der Waals surface area contributed by atoms with Crippen molar-refractivity contribution in [1.29, 1.82) is 0 Å². The zero-order chi connectivity index (χ0) is 17.1. The Morgan fingerprint density at radius 1 is 1.00 bits per heavy atom. The Balaban J connectivity index is 1.21. The third kappa shape index (κ3) is 3.74. The Morgan fingerprint density at radius 3 is 2.32 bits per heavy atom. The van der Waals surface area contributed by atoms with E-state index in [0.717, 1.165) is 12.5 Å². The van der Waals surface area contributed by atoms with Crippen molar-refractivity contribution >= 4 is 5.69 Å². The van der Waals surface area contributed by atoms with Crippen molar-refractivity contribution in [2.75, 3.05) is 31.1 Å². The lowest BCUT2D eigenvalue weighted by atomic mass is 9.90. The van der Waals surface area contributed by atoms with Gasteiger partial charge in [-0.2, -0.15) is 0 Å². The van der Waals surface area contributed by atoms with Crippen LogP contribution >= 0.6 is 0 Å². The Hall–Kier alpha value is -1.80. The molecule has 0 bridgehead atoms. The number of hydrogen-bond donors (Lipinski definition) is 1. The van der Waals surface area contributed by atoms with Gasteiger partial charge in [0.05, 0.1) is 0 Å². The first kappa shape index (κ1) is 16.7. The van der Waals surface area contributed by atoms with Crippen LogP contribution in [0.3, 0.4) is 0 Å². The zero-order valence-electron chi connectivity index (χ0n) is 15.3. The van der Waals surface area contributed by atoms with Gasteiger partial charge in [-0.25, -0.2) is 0 Å². The number of para-hydroxylation sites is 1. The maximum atomic E-state index is 3.75. The van der Waals surface area contributed by atoms with E-state index < -0.39 is 0 Å². The van der Waals surface area contributed by atoms with Crippen LogP contribution in [0.15, 0.2) is 60.7 Å². The van der Waals surface area contributed by atoms with Gasteiger partial charge in [0.1, 0.15) is 0 Å². The quantitative estimate of drug-likeness (QED) is 0.825. The summed E-state index contributed by atoms with van der Waals surface area (Å²) in [6.45, 7) is 7.06. The van der Waals surface area contributed by atoms with Crippen LogP contribution in [-0.4, -0.2) is 26.2 Å². The number of rotatable bonds is 6. The van der Waals surface area contributed by atoms with Crippen LogP contribution in [0.4, 0.5) is 5.69 Å². The standard InChI is InChI=1S/C23H30N2/c1-19(20-8-4-2-5-9-20)17-24-18-21-16-23(21)12-14-25(15-13-23)22-10-6-3-7-11-22/h2-11,19,21,24H,12-18H2,1H3/t19-,21?/m1/s1. The summed E-state index contributed by atoms with van der Waals surface area (Å²) in [6.07, 6.45) is 4.16. The summed E-state index contributed by atoms with van der Waals surface area (Å²) in [4.78, 5) is 2.56. The highest BCUT2D eigenvalue weighted by Gasteiger charge is 2.54. The van der Waals surface area contributed by atoms with Crippen molar-refractivity contribution in [3.05, 3.63) is 66.2 Å². The molecule has 1 aliphatic carbocycles. The van der Waals surface area contributed by atoms with Crippen LogP contribution in [-0.2, 0) is 0 Å². The average molecular weight is 335 g/mol. The fourth-order valence-corrected chi connectivity index (χ4v) is 4.56. The first-order chi connectivity index (χ1) is 12.3. The average Bonchev–Trinajstić information content (AvgIpc) is 3.35. The topological polar surface area (TPSA) is 15.3 Å². The molecule has 1 saturated carbocycles. The Morgan fingerprint density at radius 2 is 1.64 bits per heavy atom. The SMILES string of the molecule is C[C@H](CNCC1CC12CCN(c1ccccc1)CC2)c1ccccc1. The van der Waals surface area contributed by atoms with E-state index in [9.17, 15) is 0 Å². The van der Waals surface area contributed by atoms with Crippen LogP contribution in [0.5, 0.6) is 0 Å². The fourth-order valence-electron chi connectivity index (χ4n) is 4.56. The van der Waals surface area contributed by atoms with Crippen LogP contribution in [0.25, 0.3) is 0 Å². The summed E-state index contributed by atoms with van der Waals surface area (Å²) in [7, 11) is 0. The minimum atomic E-state index is 0.593. The third-order valence-electron chi connectivity index (χ3n) is 6.45. The molecule has 0 aromatic heterocycles. The predicted molar refractivity (Wildman–Crippen MR) is 106 cm³/mol. The zero-order valence-corrected chi connectivity index (χ0v) is 15.3. The van der Waals surface area contributed by atoms with Gasteiger partial charge in [-0.15, -0.1) is 0 Å². The predicted octanol–water partition coefficient (Wildman–Crippen LogP) is 4.69. The summed E-state index contributed by atoms with van der Waals surface area (Å²) < 4.78 is 0. The Kier molecular flexibility index (Phi) is 4.80. The van der Waals surface area contributed by atoms with Gasteiger partial charge >= 0.3 is 0 Å². The summed E-state index contributed by atoms with van der Waals surface area (Å²) in [5.41, 5.74) is 3.48. The highest BCUT2D eigenvalue weighted by Crippen LogP contribution is 2.59. The molecule has 0 radical (unpaired) electrons. The van der Waals surface area contributed by atoms with Crippen molar-refractivity contribution in [1.82, 2.24) is 5.32 Å². The largest absolute Gasteiger partial charge is 0.371 e. The molecular formula is C23H30N2. The minimum Gasteiger partial charge on any atom is -0.371 e. The molecule has 132 valence electrons. The van der Waals surface area contributed by atoms with Crippen molar-refractivity contribution < 1.29 is 0 Å². The monoisotopic (exact) mass is 334 g/mol. The molecule has 1 heterocycles. The minimum absolute atomic E-state index is 0.593. The molecule has 1 unspecified atom stereocenters. The molecule has 4 rings (SSSR count). The van der Waals surface area contributed by atoms with Gasteiger partial charge in [0.15, 0.2) is 0 Å². The van der Waals surface area contributed by atoms with Gasteiger partial charge in [0, 0.05) is 25.3 Å². The van der Waals surface area contributed by atoms with Gasteiger partial charge in [-0.05, 0) is 60.8 Å². The van der Waals surface area contributed by atoms with E-state index in [0.29, 0.717) is 11.3 Å². The normalized spacial score (nSPS) is 22.8. The lowest BCUT2D eigenvalue weighted by molar-refractivity contribution is 0.343. The van der Waals surface area contributed by atoms with E-state index in [1.54, 1.807) is 0 Å². The van der Waals surface area contributed by atoms with Gasteiger partial charge in [-0.1, -0.05) is 55.5 Å². The van der Waals surface area contributed by atoms with Gasteiger partial charge in [0.2, 0.25) is 0 Å². The van der Waals surface area contributed by atoms with E-state index in [4.69, 9.17) is 0 Å². The maximum Gasteiger partial charge on any atom is 0.0366 e. The summed E-state index contributed by atoms with van der Waals surface area (Å²) in [5, 5.41) is 3.75. The molecule has 2 aromatic rings. The first-order valence-electron chi connectivity index (χ1n) is 9.82. The van der Waals surface area contributed by atoms with Crippen LogP contribution in [0.1, 0.15) is 37.7 Å². The molecule has 1 spiro atoms. The van der Waals surface area contributed by atoms with E-state index in [2.05, 4.69) is 77.8 Å². The molecule has 0 amide bonds. The van der Waals surface area contributed by atoms with E-state index in [1.807, 2.05) is 0 Å². The fraction of sp³-hybridized carbons (Fsp3) is 0.478. The van der Waals surface area contributed by atoms with Crippen LogP contribution < -0.4 is 10.2 Å². The molecule has 2 atom stereocenters. The van der Waals surface area contributed by atoms with Crippen molar-refractivity contribution in [3.8, 4) is 0 Å². The summed E-state index contributed by atoms with van der Waals surface area (Å²) in [5.74, 6) is 1.49. The molecule has 2 aromatic carbocycles. The highest BCUT2D eigenvalue weighted by molar-refractivity contribution is 5.46. The molecular weight excluding hydrogens is 304 g/mol. The second kappa shape index (κ2) is 7.21. The van der Waals surface area contributed by atoms with E-state index in [1.165, 1.54) is 50.1 Å². The highest BCUT2D eigenvalue weighted by atomic mass is 15.1. The molecule has 2 fully saturated rings. The van der Waals surface area contributed by atoms with Crippen molar-refractivity contribution in [3.63, 3.8) is 0 Å². The van der Waals surface area contributed by atoms with Crippen LogP contribution in [0.2, 0.25) is 0 Å². The molecule has 2 aliphatic rings. The summed E-state index contributed by atoms with van der Waals surface area (Å²) in [6, 6.07) is 21.8. The molecule has 25 heavy (non-hydrogen) atoms. The van der Waals surface area contributed by atoms with Crippen molar-refractivity contribution in [2.45, 2.75) is 32.1 Å². The molecule has 2 heteroatoms. The van der Waals surface area contributed by atoms with Gasteiger partial charge < -0.3 is 10.2 Å². The van der Waals surface area contributed by atoms with E-state index >= 15 is 0 Å². The third-order valence-corrected chi connectivity index (χ3v) is 6.45. The number of nitrogens with one attached hydrogen (secondary N) is 1. The van der Waals surface area contributed by atoms with E-state index in [-0.39, 0.29) is 0 Å². The second-order valence-electron chi connectivity index (χ2n) is 8.06. The second-order valence-corrected chi connectivity index (χ2v) is 8.06. The van der Waals surface area contributed by atoms with Crippen LogP contribution in [0, 0.1) is 11.3 Å². The smallest absolute Gasteiger partial charge is 0.0366 e. The molecule has 1 N–H and O–H groups in total. The van der Waals surface area contributed by atoms with Gasteiger partial charge in [0.25, 0.3) is 0 Å². The molecule has 1 saturated heterocycles. The molecule has 1 aliphatic heterocycles. The number of piperidine rings is 1. The lowest BCUT2D eigenvalue weighted by Gasteiger charge is -2.34. The maximum absolute atomic E-state index is 3.75. The van der Waals surface area contributed by atoms with Gasteiger partial charge in [-0.3, -0.25) is 0 Å². The first-order valence-corrected chi connectivity index (χ1v) is 9.82. The summed E-state index contributed by atoms with van der Waals surface area (Å²) >= 11 is 0. The lowest BCUT2D eigenvalue weighted by Crippen LogP contribution is -2.36. The number of anilines is 1. The Labute approximate surface area is 152 Å².